The predicted molar refractivity (Wildman–Crippen MR) is 58.9 cm³/mol. The predicted octanol–water partition coefficient (Wildman–Crippen LogP) is 2.10. The Morgan fingerprint density at radius 2 is 2.20 bits per heavy atom. The average Bonchev–Trinajstić information content (AvgIpc) is 2.60. The maximum atomic E-state index is 5.18. The Hall–Kier alpha value is -1.58. The lowest BCUT2D eigenvalue weighted by atomic mass is 10.2. The van der Waals surface area contributed by atoms with Gasteiger partial charge in [-0.25, -0.2) is 4.68 Å². The van der Waals surface area contributed by atoms with Gasteiger partial charge in [-0.05, 0) is 18.1 Å². The van der Waals surface area contributed by atoms with E-state index in [4.69, 9.17) is 4.74 Å². The Balaban J connectivity index is 2.46. The molecule has 4 nitrogen and oxygen atoms in total. The first kappa shape index (κ1) is 9.96. The number of aromatic nitrogens is 3. The van der Waals surface area contributed by atoms with Crippen molar-refractivity contribution in [2.45, 2.75) is 20.4 Å². The molecular formula is C11H15N3O. The molecule has 0 aliphatic rings. The third-order valence-electron chi connectivity index (χ3n) is 2.26. The van der Waals surface area contributed by atoms with Crippen LogP contribution in [0.2, 0.25) is 0 Å². The quantitative estimate of drug-likeness (QED) is 0.770. The van der Waals surface area contributed by atoms with Crippen LogP contribution in [0.4, 0.5) is 0 Å². The van der Waals surface area contributed by atoms with Crippen molar-refractivity contribution in [3.8, 4) is 5.75 Å². The van der Waals surface area contributed by atoms with Gasteiger partial charge in [-0.1, -0.05) is 19.1 Å². The molecule has 0 aliphatic heterocycles. The van der Waals surface area contributed by atoms with Crippen molar-refractivity contribution in [3.05, 3.63) is 18.2 Å². The van der Waals surface area contributed by atoms with Crippen LogP contribution in [-0.2, 0) is 6.54 Å². The molecule has 0 spiro atoms. The second-order valence-corrected chi connectivity index (χ2v) is 4.02. The maximum absolute atomic E-state index is 5.18. The van der Waals surface area contributed by atoms with E-state index in [0.29, 0.717) is 5.92 Å². The molecule has 0 atom stereocenters. The van der Waals surface area contributed by atoms with Gasteiger partial charge in [-0.3, -0.25) is 0 Å². The summed E-state index contributed by atoms with van der Waals surface area (Å²) < 4.78 is 7.10. The molecule has 0 aliphatic carbocycles. The molecule has 0 unspecified atom stereocenters. The lowest BCUT2D eigenvalue weighted by molar-refractivity contribution is 0.414. The van der Waals surface area contributed by atoms with Gasteiger partial charge in [0.2, 0.25) is 0 Å². The Bertz CT molecular complexity index is 462. The van der Waals surface area contributed by atoms with E-state index in [2.05, 4.69) is 24.2 Å². The number of rotatable bonds is 3. The van der Waals surface area contributed by atoms with Gasteiger partial charge in [0.25, 0.3) is 0 Å². The van der Waals surface area contributed by atoms with Gasteiger partial charge in [0, 0.05) is 12.6 Å². The van der Waals surface area contributed by atoms with E-state index in [9.17, 15) is 0 Å². The van der Waals surface area contributed by atoms with E-state index in [1.807, 2.05) is 22.9 Å². The topological polar surface area (TPSA) is 39.9 Å². The van der Waals surface area contributed by atoms with Crippen LogP contribution >= 0.6 is 0 Å². The first-order chi connectivity index (χ1) is 7.20. The Kier molecular flexibility index (Phi) is 2.58. The Morgan fingerprint density at radius 1 is 1.40 bits per heavy atom. The highest BCUT2D eigenvalue weighted by Crippen LogP contribution is 2.19. The highest BCUT2D eigenvalue weighted by molar-refractivity contribution is 5.75. The number of benzene rings is 1. The van der Waals surface area contributed by atoms with Gasteiger partial charge in [-0.2, -0.15) is 0 Å². The zero-order valence-corrected chi connectivity index (χ0v) is 9.27. The molecule has 15 heavy (non-hydrogen) atoms. The molecule has 2 aromatic rings. The van der Waals surface area contributed by atoms with Crippen LogP contribution < -0.4 is 4.74 Å². The number of methoxy groups -OCH3 is 1. The van der Waals surface area contributed by atoms with Crippen LogP contribution in [0.5, 0.6) is 5.75 Å². The fourth-order valence-electron chi connectivity index (χ4n) is 1.55. The van der Waals surface area contributed by atoms with Crippen molar-refractivity contribution in [2.24, 2.45) is 5.92 Å². The molecule has 0 saturated carbocycles. The van der Waals surface area contributed by atoms with Gasteiger partial charge in [0.05, 0.1) is 12.6 Å². The van der Waals surface area contributed by atoms with Crippen molar-refractivity contribution in [1.82, 2.24) is 15.0 Å². The molecule has 0 radical (unpaired) electrons. The van der Waals surface area contributed by atoms with Gasteiger partial charge in [0.1, 0.15) is 11.3 Å². The van der Waals surface area contributed by atoms with Crippen molar-refractivity contribution in [2.75, 3.05) is 7.11 Å². The van der Waals surface area contributed by atoms with E-state index in [1.54, 1.807) is 7.11 Å². The van der Waals surface area contributed by atoms with E-state index in [0.717, 1.165) is 23.3 Å². The molecule has 0 amide bonds. The fourth-order valence-corrected chi connectivity index (χ4v) is 1.55. The molecule has 1 heterocycles. The van der Waals surface area contributed by atoms with Gasteiger partial charge in [0.15, 0.2) is 0 Å². The summed E-state index contributed by atoms with van der Waals surface area (Å²) in [5, 5.41) is 8.23. The zero-order chi connectivity index (χ0) is 10.8. The first-order valence-electron chi connectivity index (χ1n) is 5.08. The SMILES string of the molecule is COc1ccc2nnn(CC(C)C)c2c1. The van der Waals surface area contributed by atoms with E-state index < -0.39 is 0 Å². The smallest absolute Gasteiger partial charge is 0.121 e. The third-order valence-corrected chi connectivity index (χ3v) is 2.26. The monoisotopic (exact) mass is 205 g/mol. The van der Waals surface area contributed by atoms with Crippen LogP contribution in [0, 0.1) is 5.92 Å². The number of hydrogen-bond donors (Lipinski definition) is 0. The molecule has 80 valence electrons. The maximum Gasteiger partial charge on any atom is 0.121 e. The highest BCUT2D eigenvalue weighted by Gasteiger charge is 2.06. The zero-order valence-electron chi connectivity index (χ0n) is 9.27. The Labute approximate surface area is 88.8 Å². The van der Waals surface area contributed by atoms with Crippen molar-refractivity contribution >= 4 is 11.0 Å². The van der Waals surface area contributed by atoms with Crippen molar-refractivity contribution in [3.63, 3.8) is 0 Å². The highest BCUT2D eigenvalue weighted by atomic mass is 16.5. The second kappa shape index (κ2) is 3.88. The molecule has 0 bridgehead atoms. The molecule has 1 aromatic carbocycles. The second-order valence-electron chi connectivity index (χ2n) is 4.02. The van der Waals surface area contributed by atoms with Gasteiger partial charge >= 0.3 is 0 Å². The summed E-state index contributed by atoms with van der Waals surface area (Å²) in [5.41, 5.74) is 1.94. The minimum absolute atomic E-state index is 0.557. The van der Waals surface area contributed by atoms with Crippen molar-refractivity contribution in [1.29, 1.82) is 0 Å². The summed E-state index contributed by atoms with van der Waals surface area (Å²) in [6, 6.07) is 5.80. The minimum atomic E-state index is 0.557. The molecule has 0 saturated heterocycles. The average molecular weight is 205 g/mol. The lowest BCUT2D eigenvalue weighted by Gasteiger charge is -2.05. The Morgan fingerprint density at radius 3 is 2.87 bits per heavy atom. The normalized spacial score (nSPS) is 11.2. The first-order valence-corrected chi connectivity index (χ1v) is 5.08. The fraction of sp³-hybridized carbons (Fsp3) is 0.455. The van der Waals surface area contributed by atoms with E-state index >= 15 is 0 Å². The number of hydrogen-bond acceptors (Lipinski definition) is 3. The van der Waals surface area contributed by atoms with E-state index in [-0.39, 0.29) is 0 Å². The molecule has 0 N–H and O–H groups in total. The molecule has 2 rings (SSSR count). The van der Waals surface area contributed by atoms with E-state index in [1.165, 1.54) is 0 Å². The van der Waals surface area contributed by atoms with Crippen LogP contribution in [0.1, 0.15) is 13.8 Å². The summed E-state index contributed by atoms with van der Waals surface area (Å²) in [6.45, 7) is 5.20. The molecule has 1 aromatic heterocycles. The minimum Gasteiger partial charge on any atom is -0.497 e. The van der Waals surface area contributed by atoms with Crippen molar-refractivity contribution < 1.29 is 4.74 Å². The summed E-state index contributed by atoms with van der Waals surface area (Å²) in [5.74, 6) is 1.40. The number of ether oxygens (including phenoxy) is 1. The summed E-state index contributed by atoms with van der Waals surface area (Å²) in [6.07, 6.45) is 0. The lowest BCUT2D eigenvalue weighted by Crippen LogP contribution is -2.05. The largest absolute Gasteiger partial charge is 0.497 e. The van der Waals surface area contributed by atoms with Crippen LogP contribution in [0.3, 0.4) is 0 Å². The van der Waals surface area contributed by atoms with Crippen LogP contribution in [-0.4, -0.2) is 22.1 Å². The molecule has 4 heteroatoms. The summed E-state index contributed by atoms with van der Waals surface area (Å²) >= 11 is 0. The third kappa shape index (κ3) is 1.93. The summed E-state index contributed by atoms with van der Waals surface area (Å²) in [7, 11) is 1.66. The number of nitrogens with zero attached hydrogens (tertiary/aromatic N) is 3. The van der Waals surface area contributed by atoms with Crippen LogP contribution in [0.25, 0.3) is 11.0 Å². The summed E-state index contributed by atoms with van der Waals surface area (Å²) in [4.78, 5) is 0. The van der Waals surface area contributed by atoms with Gasteiger partial charge in [-0.15, -0.1) is 5.10 Å². The van der Waals surface area contributed by atoms with Crippen LogP contribution in [0.15, 0.2) is 18.2 Å². The van der Waals surface area contributed by atoms with Gasteiger partial charge < -0.3 is 4.74 Å². The molecule has 0 fully saturated rings. The number of fused-ring (bicyclic) bond motifs is 1. The molecular weight excluding hydrogens is 190 g/mol. The standard InChI is InChI=1S/C11H15N3O/c1-8(2)7-14-11-6-9(15-3)4-5-10(11)12-13-14/h4-6,8H,7H2,1-3H3.